The topological polar surface area (TPSA) is 92.5 Å². The monoisotopic (exact) mass is 333 g/mol. The number of halogens is 1. The van der Waals surface area contributed by atoms with Gasteiger partial charge >= 0.3 is 0 Å². The third kappa shape index (κ3) is 5.53. The average molecular weight is 334 g/mol. The highest BCUT2D eigenvalue weighted by atomic mass is 35.5. The minimum atomic E-state index is -3.19. The Morgan fingerprint density at radius 1 is 1.43 bits per heavy atom. The van der Waals surface area contributed by atoms with Gasteiger partial charge in [-0.05, 0) is 24.6 Å². The van der Waals surface area contributed by atoms with E-state index in [1.165, 1.54) is 16.6 Å². The zero-order valence-corrected chi connectivity index (χ0v) is 13.7. The van der Waals surface area contributed by atoms with Crippen LogP contribution in [0, 0.1) is 0 Å². The number of benzene rings is 1. The number of amides is 1. The van der Waals surface area contributed by atoms with Gasteiger partial charge in [-0.25, -0.2) is 12.7 Å². The number of rotatable bonds is 7. The Kier molecular flexibility index (Phi) is 6.44. The number of hydrogen-bond acceptors (Lipinski definition) is 4. The van der Waals surface area contributed by atoms with Crippen molar-refractivity contribution in [1.29, 1.82) is 0 Å². The summed E-state index contributed by atoms with van der Waals surface area (Å²) in [5.41, 5.74) is 6.41. The van der Waals surface area contributed by atoms with Crippen molar-refractivity contribution in [2.24, 2.45) is 0 Å². The molecular weight excluding hydrogens is 314 g/mol. The van der Waals surface area contributed by atoms with Gasteiger partial charge in [0.25, 0.3) is 5.91 Å². The van der Waals surface area contributed by atoms with Crippen LogP contribution in [-0.2, 0) is 10.0 Å². The van der Waals surface area contributed by atoms with E-state index in [9.17, 15) is 13.2 Å². The molecule has 0 saturated heterocycles. The van der Waals surface area contributed by atoms with Crippen LogP contribution >= 0.6 is 11.6 Å². The summed E-state index contributed by atoms with van der Waals surface area (Å²) in [7, 11) is -3.19. The maximum Gasteiger partial charge on any atom is 0.251 e. The molecule has 0 unspecified atom stereocenters. The first-order valence-electron chi connectivity index (χ1n) is 6.54. The largest absolute Gasteiger partial charge is 0.398 e. The summed E-state index contributed by atoms with van der Waals surface area (Å²) in [6.07, 6.45) is 1.71. The van der Waals surface area contributed by atoms with Gasteiger partial charge in [0, 0.05) is 25.2 Å². The molecule has 1 amide bonds. The normalized spacial score (nSPS) is 11.6. The lowest BCUT2D eigenvalue weighted by Gasteiger charge is -2.17. The molecule has 1 aromatic rings. The van der Waals surface area contributed by atoms with E-state index in [0.717, 1.165) is 0 Å². The first-order chi connectivity index (χ1) is 9.75. The fraction of sp³-hybridized carbons (Fsp3) is 0.462. The molecule has 1 aromatic carbocycles. The first kappa shape index (κ1) is 17.7. The van der Waals surface area contributed by atoms with Gasteiger partial charge in [-0.3, -0.25) is 4.79 Å². The molecule has 0 atom stereocenters. The van der Waals surface area contributed by atoms with Crippen molar-refractivity contribution in [2.75, 3.05) is 31.6 Å². The van der Waals surface area contributed by atoms with Crippen molar-refractivity contribution in [2.45, 2.75) is 13.3 Å². The van der Waals surface area contributed by atoms with Crippen LogP contribution in [0.2, 0.25) is 5.02 Å². The van der Waals surface area contributed by atoms with Crippen molar-refractivity contribution >= 4 is 33.2 Å². The van der Waals surface area contributed by atoms with Crippen molar-refractivity contribution < 1.29 is 13.2 Å². The molecular formula is C13H20ClN3O3S. The molecule has 0 fully saturated rings. The summed E-state index contributed by atoms with van der Waals surface area (Å²) in [5, 5.41) is 3.05. The van der Waals surface area contributed by atoms with Crippen LogP contribution in [0.3, 0.4) is 0 Å². The van der Waals surface area contributed by atoms with Gasteiger partial charge in [-0.15, -0.1) is 0 Å². The summed E-state index contributed by atoms with van der Waals surface area (Å²) in [5.74, 6) is -0.265. The number of hydrogen-bond donors (Lipinski definition) is 2. The molecule has 3 N–H and O–H groups in total. The van der Waals surface area contributed by atoms with Crippen LogP contribution in [0.25, 0.3) is 0 Å². The van der Waals surface area contributed by atoms with Gasteiger partial charge < -0.3 is 11.1 Å². The molecule has 0 aromatic heterocycles. The Morgan fingerprint density at radius 3 is 2.62 bits per heavy atom. The number of nitrogen functional groups attached to an aromatic ring is 1. The van der Waals surface area contributed by atoms with Crippen molar-refractivity contribution in [3.05, 3.63) is 28.8 Å². The second-order valence-corrected chi connectivity index (χ2v) is 6.99. The van der Waals surface area contributed by atoms with Crippen LogP contribution in [0.4, 0.5) is 5.69 Å². The summed E-state index contributed by atoms with van der Waals surface area (Å²) >= 11 is 5.85. The average Bonchev–Trinajstić information content (AvgIpc) is 2.40. The van der Waals surface area contributed by atoms with Gasteiger partial charge in [-0.1, -0.05) is 18.5 Å². The van der Waals surface area contributed by atoms with Crippen LogP contribution in [0.15, 0.2) is 18.2 Å². The van der Waals surface area contributed by atoms with Crippen molar-refractivity contribution in [3.63, 3.8) is 0 Å². The highest BCUT2D eigenvalue weighted by Gasteiger charge is 2.13. The second-order valence-electron chi connectivity index (χ2n) is 4.60. The summed E-state index contributed by atoms with van der Waals surface area (Å²) in [6.45, 7) is 2.95. The van der Waals surface area contributed by atoms with E-state index >= 15 is 0 Å². The SMILES string of the molecule is CCN(CCCNC(=O)c1ccc(N)c(Cl)c1)S(C)(=O)=O. The fourth-order valence-electron chi connectivity index (χ4n) is 1.79. The highest BCUT2D eigenvalue weighted by Crippen LogP contribution is 2.19. The third-order valence-corrected chi connectivity index (χ3v) is 4.66. The maximum absolute atomic E-state index is 11.9. The Labute approximate surface area is 130 Å². The van der Waals surface area contributed by atoms with E-state index in [4.69, 9.17) is 17.3 Å². The number of carbonyl (C=O) groups excluding carboxylic acids is 1. The van der Waals surface area contributed by atoms with Gasteiger partial charge in [0.1, 0.15) is 0 Å². The van der Waals surface area contributed by atoms with Crippen LogP contribution in [-0.4, -0.2) is 44.5 Å². The van der Waals surface area contributed by atoms with E-state index < -0.39 is 10.0 Å². The Balaban J connectivity index is 2.45. The van der Waals surface area contributed by atoms with Crippen molar-refractivity contribution in [1.82, 2.24) is 9.62 Å². The smallest absolute Gasteiger partial charge is 0.251 e. The van der Waals surface area contributed by atoms with Crippen LogP contribution in [0.1, 0.15) is 23.7 Å². The molecule has 21 heavy (non-hydrogen) atoms. The summed E-state index contributed by atoms with van der Waals surface area (Å²) in [6, 6.07) is 4.66. The molecule has 0 bridgehead atoms. The molecule has 6 nitrogen and oxygen atoms in total. The standard InChI is InChI=1S/C13H20ClN3O3S/c1-3-17(21(2,19)20)8-4-7-16-13(18)10-5-6-12(15)11(14)9-10/h5-6,9H,3-4,7-8,15H2,1-2H3,(H,16,18). The van der Waals surface area contributed by atoms with E-state index in [1.807, 2.05) is 0 Å². The third-order valence-electron chi connectivity index (χ3n) is 2.95. The van der Waals surface area contributed by atoms with Gasteiger partial charge in [-0.2, -0.15) is 0 Å². The zero-order chi connectivity index (χ0) is 16.0. The van der Waals surface area contributed by atoms with Gasteiger partial charge in [0.2, 0.25) is 10.0 Å². The number of nitrogens with zero attached hydrogens (tertiary/aromatic N) is 1. The number of sulfonamides is 1. The predicted molar refractivity (Wildman–Crippen MR) is 84.9 cm³/mol. The minimum Gasteiger partial charge on any atom is -0.398 e. The lowest BCUT2D eigenvalue weighted by atomic mass is 10.2. The lowest BCUT2D eigenvalue weighted by Crippen LogP contribution is -2.33. The zero-order valence-electron chi connectivity index (χ0n) is 12.1. The molecule has 0 heterocycles. The lowest BCUT2D eigenvalue weighted by molar-refractivity contribution is 0.0953. The Bertz CT molecular complexity index is 605. The number of nitrogens with two attached hydrogens (primary N) is 1. The van der Waals surface area contributed by atoms with Crippen molar-refractivity contribution in [3.8, 4) is 0 Å². The van der Waals surface area contributed by atoms with Gasteiger partial charge in [0.05, 0.1) is 17.0 Å². The van der Waals surface area contributed by atoms with Crippen LogP contribution in [0.5, 0.6) is 0 Å². The molecule has 0 radical (unpaired) electrons. The Hall–Kier alpha value is -1.31. The molecule has 0 aliphatic heterocycles. The minimum absolute atomic E-state index is 0.265. The first-order valence-corrected chi connectivity index (χ1v) is 8.76. The summed E-state index contributed by atoms with van der Waals surface area (Å²) < 4.78 is 24.1. The van der Waals surface area contributed by atoms with E-state index in [1.54, 1.807) is 19.1 Å². The van der Waals surface area contributed by atoms with Gasteiger partial charge in [0.15, 0.2) is 0 Å². The van der Waals surface area contributed by atoms with Crippen LogP contribution < -0.4 is 11.1 Å². The fourth-order valence-corrected chi connectivity index (χ4v) is 2.90. The molecule has 1 rings (SSSR count). The molecule has 0 aliphatic rings. The number of nitrogens with one attached hydrogen (secondary N) is 1. The van der Waals surface area contributed by atoms with E-state index in [-0.39, 0.29) is 5.91 Å². The van der Waals surface area contributed by atoms with E-state index in [2.05, 4.69) is 5.32 Å². The molecule has 0 spiro atoms. The highest BCUT2D eigenvalue weighted by molar-refractivity contribution is 7.88. The molecule has 0 aliphatic carbocycles. The molecule has 118 valence electrons. The molecule has 8 heteroatoms. The predicted octanol–water partition coefficient (Wildman–Crippen LogP) is 1.32. The maximum atomic E-state index is 11.9. The number of carbonyl (C=O) groups is 1. The number of anilines is 1. The van der Waals surface area contributed by atoms with E-state index in [0.29, 0.717) is 42.3 Å². The second kappa shape index (κ2) is 7.63. The Morgan fingerprint density at radius 2 is 2.10 bits per heavy atom. The molecule has 0 saturated carbocycles. The quantitative estimate of drug-likeness (QED) is 0.581. The summed E-state index contributed by atoms with van der Waals surface area (Å²) in [4.78, 5) is 11.9.